The van der Waals surface area contributed by atoms with Crippen LogP contribution in [-0.4, -0.2) is 43.8 Å². The van der Waals surface area contributed by atoms with Crippen molar-refractivity contribution in [1.82, 2.24) is 15.0 Å². The lowest BCUT2D eigenvalue weighted by molar-refractivity contribution is -0.123. The average Bonchev–Trinajstić information content (AvgIpc) is 3.49. The number of methoxy groups -OCH3 is 1. The molecule has 180 valence electrons. The molecule has 0 aliphatic carbocycles. The first-order valence-electron chi connectivity index (χ1n) is 10.0. The van der Waals surface area contributed by atoms with E-state index in [1.165, 1.54) is 61.9 Å². The van der Waals surface area contributed by atoms with Gasteiger partial charge in [0.2, 0.25) is 0 Å². The standard InChI is InChI=1S/C22H18N4O8S/c1-31-22-25-19-11-16(6-9-20(19)26(22)24-14-27)34-35(29,30)18-7-4-15(5-8-18)33-13-21(28)23-12-17-3-2-10-32-17/h2-11H,12-13H2,1H3,(H,23,28). The Labute approximate surface area is 198 Å². The van der Waals surface area contributed by atoms with Crippen LogP contribution in [-0.2, 0) is 26.3 Å². The zero-order valence-corrected chi connectivity index (χ0v) is 19.0. The van der Waals surface area contributed by atoms with Crippen LogP contribution in [0.15, 0.2) is 75.3 Å². The molecule has 0 radical (unpaired) electrons. The molecule has 1 N–H and O–H groups in total. The molecule has 0 saturated carbocycles. The minimum atomic E-state index is -4.18. The third-order valence-corrected chi connectivity index (χ3v) is 5.89. The minimum Gasteiger partial charge on any atom is -0.484 e. The van der Waals surface area contributed by atoms with Crippen molar-refractivity contribution in [1.29, 1.82) is 0 Å². The quantitative estimate of drug-likeness (QED) is 0.197. The molecule has 35 heavy (non-hydrogen) atoms. The summed E-state index contributed by atoms with van der Waals surface area (Å²) in [7, 11) is -2.83. The number of aromatic nitrogens is 2. The van der Waals surface area contributed by atoms with Crippen LogP contribution in [0.25, 0.3) is 11.0 Å². The molecule has 0 fully saturated rings. The van der Waals surface area contributed by atoms with Gasteiger partial charge >= 0.3 is 16.1 Å². The minimum absolute atomic E-state index is 0.00607. The van der Waals surface area contributed by atoms with Crippen molar-refractivity contribution in [2.45, 2.75) is 11.4 Å². The number of hydrogen-bond acceptors (Lipinski definition) is 10. The summed E-state index contributed by atoms with van der Waals surface area (Å²) in [5.41, 5.74) is 0.687. The number of nitrogens with zero attached hydrogens (tertiary/aromatic N) is 3. The van der Waals surface area contributed by atoms with E-state index in [-0.39, 0.29) is 35.7 Å². The number of carbonyl (C=O) groups excluding carboxylic acids is 2. The Morgan fingerprint density at radius 3 is 2.63 bits per heavy atom. The molecule has 4 rings (SSSR count). The number of furan rings is 1. The van der Waals surface area contributed by atoms with Crippen LogP contribution >= 0.6 is 0 Å². The summed E-state index contributed by atoms with van der Waals surface area (Å²) in [6.45, 7) is -0.0274. The number of hydrogen-bond donors (Lipinski definition) is 1. The molecule has 0 unspecified atom stereocenters. The van der Waals surface area contributed by atoms with E-state index < -0.39 is 10.1 Å². The lowest BCUT2D eigenvalue weighted by Gasteiger charge is -2.09. The summed E-state index contributed by atoms with van der Waals surface area (Å²) in [5, 5.41) is 6.13. The molecule has 0 bridgehead atoms. The molecule has 0 saturated heterocycles. The molecule has 2 aromatic carbocycles. The molecule has 0 aliphatic rings. The summed E-state index contributed by atoms with van der Waals surface area (Å²) in [4.78, 5) is 26.5. The van der Waals surface area contributed by atoms with Gasteiger partial charge in [0.1, 0.15) is 22.2 Å². The number of ether oxygens (including phenoxy) is 2. The van der Waals surface area contributed by atoms with Crippen LogP contribution < -0.4 is 19.0 Å². The van der Waals surface area contributed by atoms with E-state index in [1.54, 1.807) is 12.1 Å². The molecule has 4 aromatic rings. The van der Waals surface area contributed by atoms with Gasteiger partial charge in [-0.15, -0.1) is 0 Å². The van der Waals surface area contributed by atoms with E-state index >= 15 is 0 Å². The fourth-order valence-electron chi connectivity index (χ4n) is 3.02. The SMILES string of the molecule is COc1nc2cc(OS(=O)(=O)c3ccc(OCC(=O)NCc4ccco4)cc3)ccc2n1N=C=O. The second-order valence-electron chi connectivity index (χ2n) is 6.91. The molecule has 2 aromatic heterocycles. The van der Waals surface area contributed by atoms with Gasteiger partial charge < -0.3 is 23.4 Å². The summed E-state index contributed by atoms with van der Waals surface area (Å²) in [6, 6.07) is 13.1. The number of imidazole rings is 1. The lowest BCUT2D eigenvalue weighted by Crippen LogP contribution is -2.28. The van der Waals surface area contributed by atoms with E-state index in [1.807, 2.05) is 0 Å². The van der Waals surface area contributed by atoms with Gasteiger partial charge in [-0.1, -0.05) is 5.10 Å². The lowest BCUT2D eigenvalue weighted by atomic mass is 10.3. The third-order valence-electron chi connectivity index (χ3n) is 4.62. The van der Waals surface area contributed by atoms with Crippen molar-refractivity contribution in [3.8, 4) is 17.5 Å². The smallest absolute Gasteiger partial charge is 0.339 e. The Morgan fingerprint density at radius 1 is 1.17 bits per heavy atom. The molecule has 0 aliphatic heterocycles. The molecule has 12 nitrogen and oxygen atoms in total. The fraction of sp³-hybridized carbons (Fsp3) is 0.136. The zero-order chi connectivity index (χ0) is 24.8. The highest BCUT2D eigenvalue weighted by Crippen LogP contribution is 2.27. The molecular formula is C22H18N4O8S. The van der Waals surface area contributed by atoms with E-state index in [4.69, 9.17) is 18.1 Å². The van der Waals surface area contributed by atoms with Crippen LogP contribution in [0.3, 0.4) is 0 Å². The van der Waals surface area contributed by atoms with Gasteiger partial charge in [0, 0.05) is 6.07 Å². The van der Waals surface area contributed by atoms with Gasteiger partial charge in [-0.25, -0.2) is 4.79 Å². The molecule has 0 atom stereocenters. The van der Waals surface area contributed by atoms with Gasteiger partial charge in [0.15, 0.2) is 6.61 Å². The number of carbonyl (C=O) groups is 1. The van der Waals surface area contributed by atoms with Crippen molar-refractivity contribution in [3.63, 3.8) is 0 Å². The van der Waals surface area contributed by atoms with Crippen molar-refractivity contribution in [2.24, 2.45) is 5.10 Å². The summed E-state index contributed by atoms with van der Waals surface area (Å²) < 4.78 is 47.3. The van der Waals surface area contributed by atoms with Crippen molar-refractivity contribution < 1.29 is 36.1 Å². The summed E-state index contributed by atoms with van der Waals surface area (Å²) in [6.07, 6.45) is 2.90. The first-order chi connectivity index (χ1) is 16.9. The van der Waals surface area contributed by atoms with Crippen LogP contribution in [0.5, 0.6) is 17.5 Å². The zero-order valence-electron chi connectivity index (χ0n) is 18.2. The number of nitrogens with one attached hydrogen (secondary N) is 1. The Bertz CT molecular complexity index is 1490. The van der Waals surface area contributed by atoms with E-state index in [0.29, 0.717) is 22.5 Å². The Hall–Kier alpha value is -4.61. The van der Waals surface area contributed by atoms with Crippen LogP contribution in [0.2, 0.25) is 0 Å². The Kier molecular flexibility index (Phi) is 6.81. The van der Waals surface area contributed by atoms with Gasteiger partial charge in [-0.3, -0.25) is 4.79 Å². The second kappa shape index (κ2) is 10.1. The van der Waals surface area contributed by atoms with Gasteiger partial charge in [0.05, 0.1) is 31.0 Å². The molecule has 13 heteroatoms. The predicted octanol–water partition coefficient (Wildman–Crippen LogP) is 2.20. The first kappa shape index (κ1) is 23.5. The average molecular weight is 498 g/mol. The molecule has 0 spiro atoms. The van der Waals surface area contributed by atoms with E-state index in [0.717, 1.165) is 4.68 Å². The number of fused-ring (bicyclic) bond motifs is 1. The highest BCUT2D eigenvalue weighted by atomic mass is 32.2. The summed E-state index contributed by atoms with van der Waals surface area (Å²) >= 11 is 0. The van der Waals surface area contributed by atoms with Crippen molar-refractivity contribution in [3.05, 3.63) is 66.6 Å². The second-order valence-corrected chi connectivity index (χ2v) is 8.45. The largest absolute Gasteiger partial charge is 0.484 e. The highest BCUT2D eigenvalue weighted by Gasteiger charge is 2.19. The van der Waals surface area contributed by atoms with Crippen LogP contribution in [0.1, 0.15) is 5.76 Å². The van der Waals surface area contributed by atoms with E-state index in [9.17, 15) is 18.0 Å². The van der Waals surface area contributed by atoms with Crippen LogP contribution in [0.4, 0.5) is 0 Å². The monoisotopic (exact) mass is 498 g/mol. The maximum atomic E-state index is 12.7. The number of isocyanates is 1. The summed E-state index contributed by atoms with van der Waals surface area (Å²) in [5.74, 6) is 0.532. The van der Waals surface area contributed by atoms with Crippen molar-refractivity contribution in [2.75, 3.05) is 13.7 Å². The number of amides is 1. The van der Waals surface area contributed by atoms with Crippen molar-refractivity contribution >= 4 is 33.1 Å². The predicted molar refractivity (Wildman–Crippen MR) is 120 cm³/mol. The van der Waals surface area contributed by atoms with Gasteiger partial charge in [0.25, 0.3) is 12.0 Å². The maximum absolute atomic E-state index is 12.7. The Morgan fingerprint density at radius 2 is 1.94 bits per heavy atom. The van der Waals surface area contributed by atoms with E-state index in [2.05, 4.69) is 15.4 Å². The maximum Gasteiger partial charge on any atom is 0.339 e. The van der Waals surface area contributed by atoms with Crippen LogP contribution in [0, 0.1) is 0 Å². The fourth-order valence-corrected chi connectivity index (χ4v) is 3.95. The van der Waals surface area contributed by atoms with Gasteiger partial charge in [-0.2, -0.15) is 18.1 Å². The molecule has 1 amide bonds. The third kappa shape index (κ3) is 5.49. The Balaban J connectivity index is 1.40. The molecular weight excluding hydrogens is 480 g/mol. The molecule has 2 heterocycles. The first-order valence-corrected chi connectivity index (χ1v) is 11.4. The van der Waals surface area contributed by atoms with Gasteiger partial charge in [-0.05, 0) is 48.5 Å². The number of benzene rings is 2. The topological polar surface area (TPSA) is 151 Å². The number of rotatable bonds is 10. The highest BCUT2D eigenvalue weighted by molar-refractivity contribution is 7.87. The normalized spacial score (nSPS) is 11.0.